The number of aliphatic imine (C=N–C) groups is 1. The van der Waals surface area contributed by atoms with E-state index in [0.717, 1.165) is 37.9 Å². The van der Waals surface area contributed by atoms with Gasteiger partial charge in [-0.3, -0.25) is 9.98 Å². The maximum Gasteiger partial charge on any atom is 0.191 e. The molecular weight excluding hydrogens is 383 g/mol. The van der Waals surface area contributed by atoms with E-state index in [4.69, 9.17) is 9.47 Å². The van der Waals surface area contributed by atoms with E-state index in [-0.39, 0.29) is 24.0 Å². The van der Waals surface area contributed by atoms with Gasteiger partial charge in [-0.1, -0.05) is 0 Å². The summed E-state index contributed by atoms with van der Waals surface area (Å²) in [5, 5.41) is 6.40. The van der Waals surface area contributed by atoms with E-state index in [1.165, 1.54) is 0 Å². The largest absolute Gasteiger partial charge is 0.490 e. The molecule has 1 rings (SSSR count). The van der Waals surface area contributed by atoms with E-state index in [0.29, 0.717) is 13.2 Å². The Balaban J connectivity index is 0.00000400. The third-order valence-electron chi connectivity index (χ3n) is 2.48. The fourth-order valence-corrected chi connectivity index (χ4v) is 1.52. The lowest BCUT2D eigenvalue weighted by Gasteiger charge is -2.12. The molecule has 0 aliphatic rings. The van der Waals surface area contributed by atoms with Crippen LogP contribution < -0.4 is 15.4 Å². The van der Waals surface area contributed by atoms with E-state index < -0.39 is 0 Å². The topological polar surface area (TPSA) is 67.8 Å². The highest BCUT2D eigenvalue weighted by molar-refractivity contribution is 14.0. The van der Waals surface area contributed by atoms with Crippen molar-refractivity contribution in [1.82, 2.24) is 15.6 Å². The van der Waals surface area contributed by atoms with Crippen LogP contribution in [-0.4, -0.2) is 50.9 Å². The standard InChI is InChI=1S/C14H24N4O2.HI/c1-3-19-10-5-8-17-14(15-2)18-9-11-20-13-6-4-7-16-12-13;/h4,6-7,12H,3,5,8-11H2,1-2H3,(H2,15,17,18);1H. The van der Waals surface area contributed by atoms with Gasteiger partial charge >= 0.3 is 0 Å². The molecule has 1 aromatic heterocycles. The van der Waals surface area contributed by atoms with Crippen LogP contribution in [0.4, 0.5) is 0 Å². The molecule has 0 aliphatic heterocycles. The van der Waals surface area contributed by atoms with Crippen molar-refractivity contribution < 1.29 is 9.47 Å². The molecular formula is C14H25IN4O2. The number of guanidine groups is 1. The van der Waals surface area contributed by atoms with Crippen LogP contribution in [-0.2, 0) is 4.74 Å². The van der Waals surface area contributed by atoms with Crippen LogP contribution in [0.5, 0.6) is 5.75 Å². The first kappa shape index (κ1) is 19.9. The highest BCUT2D eigenvalue weighted by Crippen LogP contribution is 2.04. The number of aromatic nitrogens is 1. The number of halogens is 1. The lowest BCUT2D eigenvalue weighted by molar-refractivity contribution is 0.145. The Hall–Kier alpha value is -1.09. The molecule has 0 atom stereocenters. The van der Waals surface area contributed by atoms with Crippen LogP contribution in [0.1, 0.15) is 13.3 Å². The minimum absolute atomic E-state index is 0. The summed E-state index contributed by atoms with van der Waals surface area (Å²) in [6.45, 7) is 5.61. The second kappa shape index (κ2) is 13.9. The Morgan fingerprint density at radius 1 is 1.29 bits per heavy atom. The van der Waals surface area contributed by atoms with Gasteiger partial charge in [-0.2, -0.15) is 0 Å². The van der Waals surface area contributed by atoms with Crippen LogP contribution in [0, 0.1) is 0 Å². The molecule has 0 spiro atoms. The quantitative estimate of drug-likeness (QED) is 0.282. The molecule has 120 valence electrons. The Morgan fingerprint density at radius 3 is 2.76 bits per heavy atom. The van der Waals surface area contributed by atoms with Gasteiger partial charge in [0.15, 0.2) is 5.96 Å². The maximum atomic E-state index is 5.53. The maximum absolute atomic E-state index is 5.53. The summed E-state index contributed by atoms with van der Waals surface area (Å²) in [5.41, 5.74) is 0. The number of ether oxygens (including phenoxy) is 2. The molecule has 0 radical (unpaired) electrons. The lowest BCUT2D eigenvalue weighted by Crippen LogP contribution is -2.39. The predicted molar refractivity (Wildman–Crippen MR) is 95.6 cm³/mol. The van der Waals surface area contributed by atoms with Crippen LogP contribution in [0.3, 0.4) is 0 Å². The zero-order chi connectivity index (χ0) is 14.5. The molecule has 1 heterocycles. The smallest absolute Gasteiger partial charge is 0.191 e. The van der Waals surface area contributed by atoms with Gasteiger partial charge in [-0.25, -0.2) is 0 Å². The second-order valence-corrected chi connectivity index (χ2v) is 4.01. The number of hydrogen-bond acceptors (Lipinski definition) is 4. The van der Waals surface area contributed by atoms with E-state index >= 15 is 0 Å². The zero-order valence-corrected chi connectivity index (χ0v) is 15.0. The average molecular weight is 408 g/mol. The Morgan fingerprint density at radius 2 is 2.10 bits per heavy atom. The van der Waals surface area contributed by atoms with Crippen LogP contribution in [0.25, 0.3) is 0 Å². The average Bonchev–Trinajstić information content (AvgIpc) is 2.50. The number of nitrogens with zero attached hydrogens (tertiary/aromatic N) is 2. The van der Waals surface area contributed by atoms with Crippen molar-refractivity contribution in [1.29, 1.82) is 0 Å². The van der Waals surface area contributed by atoms with Crippen molar-refractivity contribution in [3.63, 3.8) is 0 Å². The van der Waals surface area contributed by atoms with Gasteiger partial charge in [0.1, 0.15) is 12.4 Å². The van der Waals surface area contributed by atoms with Crippen molar-refractivity contribution >= 4 is 29.9 Å². The summed E-state index contributed by atoms with van der Waals surface area (Å²) in [6, 6.07) is 3.73. The Bertz CT molecular complexity index is 376. The minimum atomic E-state index is 0. The van der Waals surface area contributed by atoms with Crippen LogP contribution in [0.2, 0.25) is 0 Å². The van der Waals surface area contributed by atoms with Crippen LogP contribution in [0.15, 0.2) is 29.5 Å². The molecule has 7 heteroatoms. The van der Waals surface area contributed by atoms with Gasteiger partial charge < -0.3 is 20.1 Å². The van der Waals surface area contributed by atoms with Crippen LogP contribution >= 0.6 is 24.0 Å². The Kier molecular flexibility index (Phi) is 13.2. The molecule has 0 aliphatic carbocycles. The van der Waals surface area contributed by atoms with Gasteiger partial charge in [0.05, 0.1) is 12.7 Å². The molecule has 2 N–H and O–H groups in total. The molecule has 0 bridgehead atoms. The first-order chi connectivity index (χ1) is 9.86. The number of nitrogens with one attached hydrogen (secondary N) is 2. The van der Waals surface area contributed by atoms with E-state index in [1.54, 1.807) is 19.4 Å². The van der Waals surface area contributed by atoms with Crippen molar-refractivity contribution in [3.05, 3.63) is 24.5 Å². The summed E-state index contributed by atoms with van der Waals surface area (Å²) >= 11 is 0. The van der Waals surface area contributed by atoms with Crippen molar-refractivity contribution in [2.75, 3.05) is 40.0 Å². The summed E-state index contributed by atoms with van der Waals surface area (Å²) in [6.07, 6.45) is 4.38. The van der Waals surface area contributed by atoms with Gasteiger partial charge in [0.25, 0.3) is 0 Å². The van der Waals surface area contributed by atoms with Crippen molar-refractivity contribution in [2.45, 2.75) is 13.3 Å². The minimum Gasteiger partial charge on any atom is -0.490 e. The summed E-state index contributed by atoms with van der Waals surface area (Å²) in [7, 11) is 1.75. The van der Waals surface area contributed by atoms with Gasteiger partial charge in [0.2, 0.25) is 0 Å². The molecule has 0 saturated heterocycles. The van der Waals surface area contributed by atoms with E-state index in [1.807, 2.05) is 19.1 Å². The van der Waals surface area contributed by atoms with E-state index in [9.17, 15) is 0 Å². The van der Waals surface area contributed by atoms with Crippen molar-refractivity contribution in [2.24, 2.45) is 4.99 Å². The molecule has 6 nitrogen and oxygen atoms in total. The summed E-state index contributed by atoms with van der Waals surface area (Å²) < 4.78 is 10.8. The van der Waals surface area contributed by atoms with Gasteiger partial charge in [0, 0.05) is 33.0 Å². The number of rotatable bonds is 9. The molecule has 0 amide bonds. The summed E-state index contributed by atoms with van der Waals surface area (Å²) in [4.78, 5) is 8.12. The lowest BCUT2D eigenvalue weighted by atomic mass is 10.4. The van der Waals surface area contributed by atoms with Gasteiger partial charge in [-0.05, 0) is 25.5 Å². The fourth-order valence-electron chi connectivity index (χ4n) is 1.52. The Labute approximate surface area is 143 Å². The molecule has 0 fully saturated rings. The normalized spacial score (nSPS) is 10.7. The zero-order valence-electron chi connectivity index (χ0n) is 12.7. The molecule has 0 unspecified atom stereocenters. The predicted octanol–water partition coefficient (Wildman–Crippen LogP) is 1.67. The monoisotopic (exact) mass is 408 g/mol. The fraction of sp³-hybridized carbons (Fsp3) is 0.571. The third kappa shape index (κ3) is 10.3. The molecule has 21 heavy (non-hydrogen) atoms. The summed E-state index contributed by atoms with van der Waals surface area (Å²) in [5.74, 6) is 1.55. The molecule has 0 aromatic carbocycles. The van der Waals surface area contributed by atoms with Gasteiger partial charge in [-0.15, -0.1) is 24.0 Å². The van der Waals surface area contributed by atoms with Crippen molar-refractivity contribution in [3.8, 4) is 5.75 Å². The molecule has 0 saturated carbocycles. The highest BCUT2D eigenvalue weighted by atomic mass is 127. The first-order valence-corrected chi connectivity index (χ1v) is 6.92. The number of hydrogen-bond donors (Lipinski definition) is 2. The second-order valence-electron chi connectivity index (χ2n) is 4.01. The molecule has 1 aromatic rings. The third-order valence-corrected chi connectivity index (χ3v) is 2.48. The first-order valence-electron chi connectivity index (χ1n) is 6.92. The van der Waals surface area contributed by atoms with E-state index in [2.05, 4.69) is 20.6 Å². The number of pyridine rings is 1. The highest BCUT2D eigenvalue weighted by Gasteiger charge is 1.97. The SMILES string of the molecule is CCOCCCNC(=NC)NCCOc1cccnc1.I.